The minimum Gasteiger partial charge on any atom is -0.496 e. The summed E-state index contributed by atoms with van der Waals surface area (Å²) < 4.78 is 9.70. The van der Waals surface area contributed by atoms with Crippen LogP contribution in [0.5, 0.6) is 5.75 Å². The first kappa shape index (κ1) is 16.1. The van der Waals surface area contributed by atoms with Gasteiger partial charge in [-0.1, -0.05) is 12.1 Å². The Hall–Kier alpha value is -2.28. The van der Waals surface area contributed by atoms with Crippen molar-refractivity contribution in [1.29, 1.82) is 0 Å². The third kappa shape index (κ3) is 3.30. The lowest BCUT2D eigenvalue weighted by molar-refractivity contribution is -0.143. The van der Waals surface area contributed by atoms with Crippen LogP contribution < -0.4 is 4.74 Å². The van der Waals surface area contributed by atoms with E-state index in [0.717, 1.165) is 27.8 Å². The lowest BCUT2D eigenvalue weighted by atomic mass is 10.1. The number of nitrogens with zero attached hydrogens (tertiary/aromatic N) is 1. The van der Waals surface area contributed by atoms with Gasteiger partial charge >= 0.3 is 5.97 Å². The monoisotopic (exact) mass is 321 g/mol. The molecular formula is C15H15NO5S. The zero-order valence-corrected chi connectivity index (χ0v) is 13.2. The molecule has 0 atom stereocenters. The van der Waals surface area contributed by atoms with Crippen molar-refractivity contribution in [1.82, 2.24) is 4.90 Å². The van der Waals surface area contributed by atoms with Crippen LogP contribution in [0.2, 0.25) is 0 Å². The molecule has 22 heavy (non-hydrogen) atoms. The Morgan fingerprint density at radius 2 is 2.05 bits per heavy atom. The van der Waals surface area contributed by atoms with Gasteiger partial charge in [0.25, 0.3) is 11.1 Å². The smallest absolute Gasteiger partial charge is 0.325 e. The fourth-order valence-corrected chi connectivity index (χ4v) is 2.75. The van der Waals surface area contributed by atoms with Gasteiger partial charge in [-0.2, -0.15) is 0 Å². The molecule has 1 heterocycles. The summed E-state index contributed by atoms with van der Waals surface area (Å²) in [6.07, 6.45) is 1.60. The number of thioether (sulfide) groups is 1. The Morgan fingerprint density at radius 3 is 2.68 bits per heavy atom. The van der Waals surface area contributed by atoms with Gasteiger partial charge in [0.15, 0.2) is 0 Å². The minimum atomic E-state index is -0.638. The lowest BCUT2D eigenvalue weighted by Crippen LogP contribution is -2.34. The van der Waals surface area contributed by atoms with Gasteiger partial charge < -0.3 is 9.47 Å². The average molecular weight is 321 g/mol. The van der Waals surface area contributed by atoms with Crippen molar-refractivity contribution in [3.05, 3.63) is 34.2 Å². The molecule has 0 unspecified atom stereocenters. The predicted octanol–water partition coefficient (Wildman–Crippen LogP) is 2.21. The number of carbonyl (C=O) groups excluding carboxylic acids is 3. The van der Waals surface area contributed by atoms with E-state index >= 15 is 0 Å². The van der Waals surface area contributed by atoms with Gasteiger partial charge in [0.2, 0.25) is 0 Å². The van der Waals surface area contributed by atoms with Crippen LogP contribution in [-0.2, 0) is 14.3 Å². The third-order valence-electron chi connectivity index (χ3n) is 3.12. The first-order chi connectivity index (χ1) is 10.5. The first-order valence-corrected chi connectivity index (χ1v) is 7.24. The summed E-state index contributed by atoms with van der Waals surface area (Å²) in [5, 5.41) is -0.485. The number of aryl methyl sites for hydroxylation is 1. The molecule has 1 aromatic carbocycles. The Morgan fingerprint density at radius 1 is 1.32 bits per heavy atom. The zero-order chi connectivity index (χ0) is 16.3. The molecule has 0 spiro atoms. The summed E-state index contributed by atoms with van der Waals surface area (Å²) in [7, 11) is 2.77. The van der Waals surface area contributed by atoms with Crippen LogP contribution in [-0.4, -0.2) is 42.8 Å². The van der Waals surface area contributed by atoms with Gasteiger partial charge in [0.05, 0.1) is 19.1 Å². The molecule has 0 aliphatic carbocycles. The average Bonchev–Trinajstić information content (AvgIpc) is 2.76. The number of benzene rings is 1. The normalized spacial score (nSPS) is 16.3. The number of methoxy groups -OCH3 is 2. The molecule has 1 fully saturated rings. The van der Waals surface area contributed by atoms with Crippen molar-refractivity contribution in [2.45, 2.75) is 6.92 Å². The number of rotatable bonds is 4. The lowest BCUT2D eigenvalue weighted by Gasteiger charge is -2.09. The van der Waals surface area contributed by atoms with E-state index in [4.69, 9.17) is 4.74 Å². The number of hydrogen-bond donors (Lipinski definition) is 0. The summed E-state index contributed by atoms with van der Waals surface area (Å²) in [4.78, 5) is 36.3. The molecule has 1 aliphatic heterocycles. The molecule has 0 N–H and O–H groups in total. The quantitative estimate of drug-likeness (QED) is 0.625. The Bertz CT molecular complexity index is 668. The number of carbonyl (C=O) groups is 3. The molecule has 2 rings (SSSR count). The van der Waals surface area contributed by atoms with Gasteiger partial charge in [-0.25, -0.2) is 0 Å². The number of esters is 1. The van der Waals surface area contributed by atoms with Crippen molar-refractivity contribution in [2.24, 2.45) is 0 Å². The second-order valence-electron chi connectivity index (χ2n) is 4.57. The van der Waals surface area contributed by atoms with Gasteiger partial charge in [0.1, 0.15) is 12.3 Å². The van der Waals surface area contributed by atoms with Gasteiger partial charge in [-0.05, 0) is 42.0 Å². The summed E-state index contributed by atoms with van der Waals surface area (Å²) in [6.45, 7) is 1.53. The van der Waals surface area contributed by atoms with E-state index < -0.39 is 17.1 Å². The minimum absolute atomic E-state index is 0.264. The Kier molecular flexibility index (Phi) is 4.87. The molecule has 0 bridgehead atoms. The summed E-state index contributed by atoms with van der Waals surface area (Å²) in [5.74, 6) is -0.442. The largest absolute Gasteiger partial charge is 0.496 e. The van der Waals surface area contributed by atoms with Crippen LogP contribution in [0, 0.1) is 6.92 Å². The number of imide groups is 1. The fraction of sp³-hybridized carbons (Fsp3) is 0.267. The second-order valence-corrected chi connectivity index (χ2v) is 5.57. The standard InChI is InChI=1S/C15H15NO5S/c1-9-4-5-10(6-11(9)20-2)7-12-14(18)16(15(19)22-12)8-13(17)21-3/h4-7H,8H2,1-3H3/b12-7-. The van der Waals surface area contributed by atoms with Crippen LogP contribution in [0.1, 0.15) is 11.1 Å². The van der Waals surface area contributed by atoms with E-state index in [1.54, 1.807) is 19.3 Å². The van der Waals surface area contributed by atoms with Gasteiger partial charge in [-0.15, -0.1) is 0 Å². The highest BCUT2D eigenvalue weighted by atomic mass is 32.2. The van der Waals surface area contributed by atoms with E-state index in [0.29, 0.717) is 5.75 Å². The van der Waals surface area contributed by atoms with Gasteiger partial charge in [-0.3, -0.25) is 19.3 Å². The summed E-state index contributed by atoms with van der Waals surface area (Å²) in [5.41, 5.74) is 1.71. The van der Waals surface area contributed by atoms with Crippen molar-refractivity contribution in [3.63, 3.8) is 0 Å². The maximum Gasteiger partial charge on any atom is 0.325 e. The first-order valence-electron chi connectivity index (χ1n) is 6.43. The molecule has 0 saturated carbocycles. The van der Waals surface area contributed by atoms with Crippen molar-refractivity contribution in [2.75, 3.05) is 20.8 Å². The highest BCUT2D eigenvalue weighted by Gasteiger charge is 2.36. The molecule has 1 aliphatic rings. The summed E-state index contributed by atoms with van der Waals surface area (Å²) >= 11 is 0.797. The maximum atomic E-state index is 12.2. The van der Waals surface area contributed by atoms with E-state index in [1.165, 1.54) is 7.11 Å². The number of amides is 2. The topological polar surface area (TPSA) is 72.9 Å². The SMILES string of the molecule is COC(=O)CN1C(=O)S/C(=C\c2ccc(C)c(OC)c2)C1=O. The van der Waals surface area contributed by atoms with E-state index in [-0.39, 0.29) is 11.4 Å². The fourth-order valence-electron chi connectivity index (χ4n) is 1.91. The van der Waals surface area contributed by atoms with Crippen LogP contribution >= 0.6 is 11.8 Å². The van der Waals surface area contributed by atoms with Crippen LogP contribution in [0.25, 0.3) is 6.08 Å². The third-order valence-corrected chi connectivity index (χ3v) is 4.03. The highest BCUT2D eigenvalue weighted by molar-refractivity contribution is 8.18. The molecule has 1 saturated heterocycles. The predicted molar refractivity (Wildman–Crippen MR) is 82.4 cm³/mol. The van der Waals surface area contributed by atoms with Crippen molar-refractivity contribution >= 4 is 35.0 Å². The molecule has 2 amide bonds. The number of hydrogen-bond acceptors (Lipinski definition) is 6. The maximum absolute atomic E-state index is 12.2. The molecule has 7 heteroatoms. The number of ether oxygens (including phenoxy) is 2. The second kappa shape index (κ2) is 6.65. The molecular weight excluding hydrogens is 306 g/mol. The zero-order valence-electron chi connectivity index (χ0n) is 12.4. The van der Waals surface area contributed by atoms with Crippen LogP contribution in [0.4, 0.5) is 4.79 Å². The Balaban J connectivity index is 2.24. The van der Waals surface area contributed by atoms with Crippen LogP contribution in [0.15, 0.2) is 23.1 Å². The van der Waals surface area contributed by atoms with E-state index in [2.05, 4.69) is 4.74 Å². The summed E-state index contributed by atoms with van der Waals surface area (Å²) in [6, 6.07) is 5.47. The van der Waals surface area contributed by atoms with Crippen molar-refractivity contribution < 1.29 is 23.9 Å². The highest BCUT2D eigenvalue weighted by Crippen LogP contribution is 2.32. The van der Waals surface area contributed by atoms with Crippen LogP contribution in [0.3, 0.4) is 0 Å². The van der Waals surface area contributed by atoms with Gasteiger partial charge in [0, 0.05) is 0 Å². The molecule has 0 aromatic heterocycles. The molecule has 6 nitrogen and oxygen atoms in total. The molecule has 0 radical (unpaired) electrons. The molecule has 1 aromatic rings. The van der Waals surface area contributed by atoms with E-state index in [1.807, 2.05) is 19.1 Å². The van der Waals surface area contributed by atoms with E-state index in [9.17, 15) is 14.4 Å². The molecule has 116 valence electrons. The Labute approximate surface area is 132 Å². The van der Waals surface area contributed by atoms with Crippen molar-refractivity contribution in [3.8, 4) is 5.75 Å².